The third kappa shape index (κ3) is 5.08. The van der Waals surface area contributed by atoms with Gasteiger partial charge >= 0.3 is 0 Å². The number of ether oxygens (including phenoxy) is 1. The van der Waals surface area contributed by atoms with Crippen LogP contribution in [0.1, 0.15) is 46.0 Å². The van der Waals surface area contributed by atoms with Crippen LogP contribution in [0.15, 0.2) is 0 Å². The van der Waals surface area contributed by atoms with Crippen LogP contribution in [-0.2, 0) is 9.53 Å². The van der Waals surface area contributed by atoms with Crippen LogP contribution in [-0.4, -0.2) is 43.0 Å². The molecule has 1 unspecified atom stereocenters. The van der Waals surface area contributed by atoms with Crippen LogP contribution in [0.25, 0.3) is 0 Å². The molecule has 0 aliphatic carbocycles. The zero-order valence-corrected chi connectivity index (χ0v) is 10.7. The maximum absolute atomic E-state index is 11.1. The maximum Gasteiger partial charge on any atom is 0.131 e. The van der Waals surface area contributed by atoms with Crippen molar-refractivity contribution >= 4 is 5.78 Å². The zero-order chi connectivity index (χ0) is 11.8. The van der Waals surface area contributed by atoms with Crippen molar-refractivity contribution in [1.82, 2.24) is 4.90 Å². The fourth-order valence-electron chi connectivity index (χ4n) is 2.28. The average molecular weight is 227 g/mol. The first-order chi connectivity index (χ1) is 7.74. The van der Waals surface area contributed by atoms with Gasteiger partial charge in [0.1, 0.15) is 5.78 Å². The van der Waals surface area contributed by atoms with Crippen LogP contribution < -0.4 is 0 Å². The number of hydrogen-bond donors (Lipinski definition) is 0. The molecule has 0 saturated carbocycles. The van der Waals surface area contributed by atoms with Gasteiger partial charge in [0.05, 0.1) is 6.61 Å². The zero-order valence-electron chi connectivity index (χ0n) is 10.7. The lowest BCUT2D eigenvalue weighted by atomic mass is 10.1. The highest BCUT2D eigenvalue weighted by Crippen LogP contribution is 2.19. The van der Waals surface area contributed by atoms with Crippen molar-refractivity contribution in [3.05, 3.63) is 0 Å². The van der Waals surface area contributed by atoms with E-state index in [1.54, 1.807) is 6.92 Å². The van der Waals surface area contributed by atoms with Crippen molar-refractivity contribution in [3.8, 4) is 0 Å². The van der Waals surface area contributed by atoms with Crippen molar-refractivity contribution in [2.45, 2.75) is 52.0 Å². The summed E-state index contributed by atoms with van der Waals surface area (Å²) in [5, 5.41) is 0. The van der Waals surface area contributed by atoms with E-state index in [1.165, 1.54) is 19.3 Å². The molecule has 1 aliphatic heterocycles. The number of Topliss-reactive ketones (excluding diaryl/α,β-unsaturated/α-hetero) is 1. The molecule has 0 aromatic carbocycles. The first-order valence-electron chi connectivity index (χ1n) is 6.55. The van der Waals surface area contributed by atoms with Crippen LogP contribution in [0.3, 0.4) is 0 Å². The minimum atomic E-state index is 0.309. The number of carbonyl (C=O) groups is 1. The number of hydrogen-bond acceptors (Lipinski definition) is 3. The fraction of sp³-hybridized carbons (Fsp3) is 0.923. The second kappa shape index (κ2) is 7.80. The third-order valence-electron chi connectivity index (χ3n) is 3.19. The second-order valence-electron chi connectivity index (χ2n) is 4.70. The fourth-order valence-corrected chi connectivity index (χ4v) is 2.28. The molecule has 1 rings (SSSR count). The summed E-state index contributed by atoms with van der Waals surface area (Å²) >= 11 is 0. The highest BCUT2D eigenvalue weighted by Gasteiger charge is 2.24. The Balaban J connectivity index is 2.12. The van der Waals surface area contributed by atoms with Gasteiger partial charge in [-0.15, -0.1) is 0 Å². The Labute approximate surface area is 99.1 Å². The highest BCUT2D eigenvalue weighted by atomic mass is 16.5. The van der Waals surface area contributed by atoms with Gasteiger partial charge in [0.2, 0.25) is 0 Å². The molecule has 1 fully saturated rings. The molecule has 1 heterocycles. The van der Waals surface area contributed by atoms with E-state index in [0.29, 0.717) is 11.8 Å². The van der Waals surface area contributed by atoms with E-state index in [0.717, 1.165) is 39.1 Å². The van der Waals surface area contributed by atoms with Crippen molar-refractivity contribution in [2.75, 3.05) is 26.3 Å². The van der Waals surface area contributed by atoms with Gasteiger partial charge in [-0.1, -0.05) is 13.3 Å². The molecular formula is C13H25NO2. The van der Waals surface area contributed by atoms with Gasteiger partial charge in [-0.3, -0.25) is 9.69 Å². The lowest BCUT2D eigenvalue weighted by Crippen LogP contribution is -2.33. The number of likely N-dealkylation sites (tertiary alicyclic amines) is 1. The number of rotatable bonds is 8. The Morgan fingerprint density at radius 2 is 2.25 bits per heavy atom. The van der Waals surface area contributed by atoms with E-state index in [1.807, 2.05) is 0 Å². The van der Waals surface area contributed by atoms with Crippen molar-refractivity contribution < 1.29 is 9.53 Å². The number of carbonyl (C=O) groups excluding carboxylic acids is 1. The summed E-state index contributed by atoms with van der Waals surface area (Å²) in [5.74, 6) is 0.309. The normalized spacial score (nSPS) is 21.5. The molecule has 0 radical (unpaired) electrons. The molecule has 16 heavy (non-hydrogen) atoms. The summed E-state index contributed by atoms with van der Waals surface area (Å²) in [6, 6.07) is 0.479. The predicted octanol–water partition coefficient (Wildman–Crippen LogP) is 2.25. The summed E-state index contributed by atoms with van der Waals surface area (Å²) in [4.78, 5) is 13.5. The van der Waals surface area contributed by atoms with Crippen molar-refractivity contribution in [3.63, 3.8) is 0 Å². The van der Waals surface area contributed by atoms with E-state index in [-0.39, 0.29) is 0 Å². The molecule has 0 aromatic rings. The molecular weight excluding hydrogens is 202 g/mol. The van der Waals surface area contributed by atoms with E-state index < -0.39 is 0 Å². The van der Waals surface area contributed by atoms with E-state index in [4.69, 9.17) is 4.74 Å². The van der Waals surface area contributed by atoms with Gasteiger partial charge < -0.3 is 4.74 Å². The molecule has 94 valence electrons. The van der Waals surface area contributed by atoms with Crippen LogP contribution in [0.5, 0.6) is 0 Å². The number of ketones is 1. The van der Waals surface area contributed by atoms with E-state index in [2.05, 4.69) is 11.8 Å². The first kappa shape index (κ1) is 13.7. The Morgan fingerprint density at radius 3 is 2.94 bits per heavy atom. The van der Waals surface area contributed by atoms with Gasteiger partial charge in [0.25, 0.3) is 0 Å². The van der Waals surface area contributed by atoms with E-state index >= 15 is 0 Å². The average Bonchev–Trinajstić information content (AvgIpc) is 2.64. The van der Waals surface area contributed by atoms with Gasteiger partial charge in [0.15, 0.2) is 0 Å². The van der Waals surface area contributed by atoms with Crippen LogP contribution in [0, 0.1) is 0 Å². The number of unbranched alkanes of at least 4 members (excludes halogenated alkanes) is 1. The Hall–Kier alpha value is -0.410. The molecule has 0 bridgehead atoms. The van der Waals surface area contributed by atoms with Crippen molar-refractivity contribution in [1.29, 1.82) is 0 Å². The largest absolute Gasteiger partial charge is 0.380 e. The molecule has 1 saturated heterocycles. The number of nitrogens with zero attached hydrogens (tertiary/aromatic N) is 1. The lowest BCUT2D eigenvalue weighted by molar-refractivity contribution is -0.118. The van der Waals surface area contributed by atoms with Crippen LogP contribution >= 0.6 is 0 Å². The molecule has 0 N–H and O–H groups in total. The quantitative estimate of drug-likeness (QED) is 0.596. The van der Waals surface area contributed by atoms with Gasteiger partial charge in [-0.2, -0.15) is 0 Å². The maximum atomic E-state index is 11.1. The van der Waals surface area contributed by atoms with Gasteiger partial charge in [0, 0.05) is 25.6 Å². The lowest BCUT2D eigenvalue weighted by Gasteiger charge is -2.23. The second-order valence-corrected chi connectivity index (χ2v) is 4.70. The Bertz CT molecular complexity index is 206. The summed E-state index contributed by atoms with van der Waals surface area (Å²) in [7, 11) is 0. The topological polar surface area (TPSA) is 29.5 Å². The summed E-state index contributed by atoms with van der Waals surface area (Å²) in [6.07, 6.45) is 5.46. The summed E-state index contributed by atoms with van der Waals surface area (Å²) in [5.41, 5.74) is 0. The minimum absolute atomic E-state index is 0.309. The Morgan fingerprint density at radius 1 is 1.44 bits per heavy atom. The van der Waals surface area contributed by atoms with Gasteiger partial charge in [-0.05, 0) is 32.7 Å². The molecule has 1 aliphatic rings. The smallest absolute Gasteiger partial charge is 0.131 e. The predicted molar refractivity (Wildman–Crippen MR) is 65.6 cm³/mol. The van der Waals surface area contributed by atoms with E-state index in [9.17, 15) is 4.79 Å². The monoisotopic (exact) mass is 227 g/mol. The highest BCUT2D eigenvalue weighted by molar-refractivity contribution is 5.76. The molecule has 0 spiro atoms. The Kier molecular flexibility index (Phi) is 6.65. The third-order valence-corrected chi connectivity index (χ3v) is 3.19. The SMILES string of the molecule is CCCCOCCN1CCCC1CC(C)=O. The minimum Gasteiger partial charge on any atom is -0.380 e. The molecule has 1 atom stereocenters. The standard InChI is InChI=1S/C13H25NO2/c1-3-4-9-16-10-8-14-7-5-6-13(14)11-12(2)15/h13H,3-11H2,1-2H3. The molecule has 0 amide bonds. The summed E-state index contributed by atoms with van der Waals surface area (Å²) < 4.78 is 5.56. The van der Waals surface area contributed by atoms with Crippen molar-refractivity contribution in [2.24, 2.45) is 0 Å². The molecule has 3 heteroatoms. The molecule has 3 nitrogen and oxygen atoms in total. The van der Waals surface area contributed by atoms with Crippen LogP contribution in [0.2, 0.25) is 0 Å². The van der Waals surface area contributed by atoms with Gasteiger partial charge in [-0.25, -0.2) is 0 Å². The van der Waals surface area contributed by atoms with Crippen LogP contribution in [0.4, 0.5) is 0 Å². The first-order valence-corrected chi connectivity index (χ1v) is 6.55. The summed E-state index contributed by atoms with van der Waals surface area (Å²) in [6.45, 7) is 7.67. The molecule has 0 aromatic heterocycles.